The molecule has 3 rings (SSSR count). The lowest BCUT2D eigenvalue weighted by atomic mass is 9.67. The molecule has 0 radical (unpaired) electrons. The minimum Gasteiger partial charge on any atom is -0.376 e. The second kappa shape index (κ2) is 9.40. The first-order valence-corrected chi connectivity index (χ1v) is 11.8. The van der Waals surface area contributed by atoms with Crippen molar-refractivity contribution >= 4 is 5.91 Å². The van der Waals surface area contributed by atoms with Gasteiger partial charge in [0.1, 0.15) is 0 Å². The number of amides is 1. The molecule has 1 aromatic rings. The third kappa shape index (κ3) is 5.85. The summed E-state index contributed by atoms with van der Waals surface area (Å²) in [7, 11) is 0. The van der Waals surface area contributed by atoms with E-state index in [0.717, 1.165) is 58.4 Å². The van der Waals surface area contributed by atoms with Gasteiger partial charge in [-0.1, -0.05) is 37.3 Å². The molecule has 2 aliphatic rings. The van der Waals surface area contributed by atoms with Gasteiger partial charge in [0.25, 0.3) is 0 Å². The first-order chi connectivity index (χ1) is 14.1. The Labute approximate surface area is 183 Å². The van der Waals surface area contributed by atoms with E-state index in [0.29, 0.717) is 12.3 Å². The normalized spacial score (nSPS) is 28.1. The molecule has 0 aliphatic carbocycles. The zero-order chi connectivity index (χ0) is 21.8. The van der Waals surface area contributed by atoms with Gasteiger partial charge in [-0.25, -0.2) is 0 Å². The van der Waals surface area contributed by atoms with Crippen LogP contribution in [0.25, 0.3) is 0 Å². The summed E-state index contributed by atoms with van der Waals surface area (Å²) >= 11 is 0. The Hall–Kier alpha value is -1.39. The van der Waals surface area contributed by atoms with Crippen LogP contribution in [0, 0.1) is 5.92 Å². The van der Waals surface area contributed by atoms with E-state index in [9.17, 15) is 4.79 Å². The van der Waals surface area contributed by atoms with Crippen molar-refractivity contribution < 1.29 is 14.3 Å². The largest absolute Gasteiger partial charge is 0.376 e. The summed E-state index contributed by atoms with van der Waals surface area (Å²) in [5.41, 5.74) is 1.22. The van der Waals surface area contributed by atoms with Crippen LogP contribution in [0.1, 0.15) is 78.7 Å². The summed E-state index contributed by atoms with van der Waals surface area (Å²) in [6.45, 7) is 13.9. The SMILES string of the molecule is CCC(=O)N(CC[C@@]1(c2ccccc2)CCOC(C)(C)C1)C[C@H]1CCOC(C)(C)C1. The Morgan fingerprint density at radius 2 is 1.77 bits per heavy atom. The molecule has 168 valence electrons. The minimum absolute atomic E-state index is 0.0598. The smallest absolute Gasteiger partial charge is 0.222 e. The van der Waals surface area contributed by atoms with Crippen molar-refractivity contribution in [1.29, 1.82) is 0 Å². The number of hydrogen-bond acceptors (Lipinski definition) is 3. The van der Waals surface area contributed by atoms with E-state index in [2.05, 4.69) is 62.9 Å². The molecular weight excluding hydrogens is 374 g/mol. The number of carbonyl (C=O) groups excluding carboxylic acids is 1. The van der Waals surface area contributed by atoms with Gasteiger partial charge in [-0.05, 0) is 71.3 Å². The molecule has 0 aromatic heterocycles. The number of hydrogen-bond donors (Lipinski definition) is 0. The van der Waals surface area contributed by atoms with Crippen LogP contribution in [-0.4, -0.2) is 48.3 Å². The summed E-state index contributed by atoms with van der Waals surface area (Å²) in [5, 5.41) is 0. The van der Waals surface area contributed by atoms with Crippen LogP contribution >= 0.6 is 0 Å². The van der Waals surface area contributed by atoms with E-state index in [-0.39, 0.29) is 22.5 Å². The Bertz CT molecular complexity index is 699. The fourth-order valence-corrected chi connectivity index (χ4v) is 5.59. The van der Waals surface area contributed by atoms with E-state index in [1.54, 1.807) is 0 Å². The predicted octanol–water partition coefficient (Wildman–Crippen LogP) is 5.35. The minimum atomic E-state index is -0.140. The van der Waals surface area contributed by atoms with Gasteiger partial charge in [0.15, 0.2) is 0 Å². The lowest BCUT2D eigenvalue weighted by Gasteiger charge is -2.46. The van der Waals surface area contributed by atoms with Crippen LogP contribution < -0.4 is 0 Å². The van der Waals surface area contributed by atoms with Gasteiger partial charge in [0, 0.05) is 38.1 Å². The number of ether oxygens (including phenoxy) is 2. The van der Waals surface area contributed by atoms with Crippen molar-refractivity contribution in [3.05, 3.63) is 35.9 Å². The maximum Gasteiger partial charge on any atom is 0.222 e. The Balaban J connectivity index is 1.76. The molecule has 2 aliphatic heterocycles. The number of rotatable bonds is 7. The van der Waals surface area contributed by atoms with Crippen molar-refractivity contribution in [2.24, 2.45) is 5.92 Å². The topological polar surface area (TPSA) is 38.8 Å². The van der Waals surface area contributed by atoms with Crippen LogP contribution in [0.2, 0.25) is 0 Å². The molecule has 2 atom stereocenters. The van der Waals surface area contributed by atoms with Crippen molar-refractivity contribution in [3.63, 3.8) is 0 Å². The maximum atomic E-state index is 12.9. The Morgan fingerprint density at radius 3 is 2.40 bits per heavy atom. The summed E-state index contributed by atoms with van der Waals surface area (Å²) in [6.07, 6.45) is 5.62. The fraction of sp³-hybridized carbons (Fsp3) is 0.731. The molecule has 0 saturated carbocycles. The van der Waals surface area contributed by atoms with Crippen LogP contribution in [-0.2, 0) is 19.7 Å². The van der Waals surface area contributed by atoms with E-state index < -0.39 is 0 Å². The van der Waals surface area contributed by atoms with Gasteiger partial charge in [-0.3, -0.25) is 4.79 Å². The summed E-state index contributed by atoms with van der Waals surface area (Å²) in [6, 6.07) is 10.9. The standard InChI is InChI=1S/C26H41NO3/c1-6-23(28)27(19-21-12-16-29-24(2,3)18-21)15-13-26(22-10-8-7-9-11-22)14-17-30-25(4,5)20-26/h7-11,21H,6,12-20H2,1-5H3/t21-,26+/m0/s1. The first kappa shape index (κ1) is 23.3. The van der Waals surface area contributed by atoms with Gasteiger partial charge in [-0.2, -0.15) is 0 Å². The molecule has 1 aromatic carbocycles. The van der Waals surface area contributed by atoms with Gasteiger partial charge in [-0.15, -0.1) is 0 Å². The lowest BCUT2D eigenvalue weighted by Crippen LogP contribution is -2.47. The van der Waals surface area contributed by atoms with Gasteiger partial charge in [0.05, 0.1) is 11.2 Å². The van der Waals surface area contributed by atoms with Crippen LogP contribution in [0.15, 0.2) is 30.3 Å². The van der Waals surface area contributed by atoms with Crippen LogP contribution in [0.5, 0.6) is 0 Å². The Kier molecular flexibility index (Phi) is 7.29. The monoisotopic (exact) mass is 415 g/mol. The molecule has 0 bridgehead atoms. The van der Waals surface area contributed by atoms with Crippen molar-refractivity contribution in [1.82, 2.24) is 4.90 Å². The highest BCUT2D eigenvalue weighted by Gasteiger charge is 2.42. The molecule has 4 heteroatoms. The van der Waals surface area contributed by atoms with E-state index in [1.165, 1.54) is 5.56 Å². The van der Waals surface area contributed by atoms with E-state index >= 15 is 0 Å². The average Bonchev–Trinajstić information content (AvgIpc) is 2.70. The highest BCUT2D eigenvalue weighted by Crippen LogP contribution is 2.44. The molecule has 30 heavy (non-hydrogen) atoms. The van der Waals surface area contributed by atoms with Gasteiger partial charge in [0.2, 0.25) is 5.91 Å². The third-order valence-electron chi connectivity index (χ3n) is 7.02. The second-order valence-electron chi connectivity index (χ2n) is 10.6. The number of carbonyl (C=O) groups is 1. The fourth-order valence-electron chi connectivity index (χ4n) is 5.59. The molecule has 0 N–H and O–H groups in total. The maximum absolute atomic E-state index is 12.9. The molecule has 0 unspecified atom stereocenters. The van der Waals surface area contributed by atoms with E-state index in [4.69, 9.17) is 9.47 Å². The molecule has 2 fully saturated rings. The van der Waals surface area contributed by atoms with Crippen LogP contribution in [0.4, 0.5) is 0 Å². The highest BCUT2D eigenvalue weighted by molar-refractivity contribution is 5.75. The first-order valence-electron chi connectivity index (χ1n) is 11.8. The van der Waals surface area contributed by atoms with Gasteiger partial charge < -0.3 is 14.4 Å². The Morgan fingerprint density at radius 1 is 1.07 bits per heavy atom. The summed E-state index contributed by atoms with van der Waals surface area (Å²) in [4.78, 5) is 15.0. The van der Waals surface area contributed by atoms with Crippen molar-refractivity contribution in [3.8, 4) is 0 Å². The molecule has 2 heterocycles. The van der Waals surface area contributed by atoms with E-state index in [1.807, 2.05) is 6.92 Å². The van der Waals surface area contributed by atoms with Gasteiger partial charge >= 0.3 is 0 Å². The summed E-state index contributed by atoms with van der Waals surface area (Å²) < 4.78 is 12.0. The molecule has 4 nitrogen and oxygen atoms in total. The predicted molar refractivity (Wildman–Crippen MR) is 122 cm³/mol. The zero-order valence-corrected chi connectivity index (χ0v) is 19.7. The zero-order valence-electron chi connectivity index (χ0n) is 19.7. The molecule has 0 spiro atoms. The lowest BCUT2D eigenvalue weighted by molar-refractivity contribution is -0.134. The van der Waals surface area contributed by atoms with Crippen LogP contribution in [0.3, 0.4) is 0 Å². The number of nitrogens with zero attached hydrogens (tertiary/aromatic N) is 1. The molecule has 1 amide bonds. The van der Waals surface area contributed by atoms with Crippen molar-refractivity contribution in [2.45, 2.75) is 89.8 Å². The quantitative estimate of drug-likeness (QED) is 0.603. The van der Waals surface area contributed by atoms with Crippen molar-refractivity contribution in [2.75, 3.05) is 26.3 Å². The third-order valence-corrected chi connectivity index (χ3v) is 7.02. The molecule has 2 saturated heterocycles. The highest BCUT2D eigenvalue weighted by atomic mass is 16.5. The second-order valence-corrected chi connectivity index (χ2v) is 10.6. The summed E-state index contributed by atoms with van der Waals surface area (Å²) in [5.74, 6) is 0.789. The molecular formula is C26H41NO3. The average molecular weight is 416 g/mol. The number of benzene rings is 1.